The number of aryl methyl sites for hydroxylation is 1. The van der Waals surface area contributed by atoms with Crippen molar-refractivity contribution in [2.45, 2.75) is 26.6 Å². The molecule has 0 spiro atoms. The zero-order valence-corrected chi connectivity index (χ0v) is 10.8. The van der Waals surface area contributed by atoms with E-state index in [0.29, 0.717) is 5.69 Å². The minimum absolute atomic E-state index is 0.499. The van der Waals surface area contributed by atoms with Crippen molar-refractivity contribution in [2.75, 3.05) is 6.54 Å². The van der Waals surface area contributed by atoms with Crippen molar-refractivity contribution >= 4 is 11.3 Å². The third kappa shape index (κ3) is 2.12. The molecule has 2 aromatic heterocycles. The highest BCUT2D eigenvalue weighted by Crippen LogP contribution is 2.17. The number of rotatable bonds is 2. The van der Waals surface area contributed by atoms with Gasteiger partial charge in [0.15, 0.2) is 5.69 Å². The van der Waals surface area contributed by atoms with Crippen molar-refractivity contribution in [1.82, 2.24) is 24.9 Å². The average Bonchev–Trinajstić information content (AvgIpc) is 2.94. The summed E-state index contributed by atoms with van der Waals surface area (Å²) >= 11 is 1.63. The van der Waals surface area contributed by atoms with Crippen molar-refractivity contribution in [3.05, 3.63) is 27.5 Å². The van der Waals surface area contributed by atoms with Gasteiger partial charge in [-0.2, -0.15) is 10.4 Å². The Kier molecular flexibility index (Phi) is 2.81. The van der Waals surface area contributed by atoms with Crippen LogP contribution in [-0.2, 0) is 19.6 Å². The molecule has 0 aliphatic carbocycles. The first kappa shape index (κ1) is 11.3. The van der Waals surface area contributed by atoms with Crippen LogP contribution in [0.25, 0.3) is 0 Å². The molecule has 0 radical (unpaired) electrons. The summed E-state index contributed by atoms with van der Waals surface area (Å²) < 4.78 is 1.92. The summed E-state index contributed by atoms with van der Waals surface area (Å²) in [6, 6.07) is 3.94. The van der Waals surface area contributed by atoms with Gasteiger partial charge in [0.05, 0.1) is 18.8 Å². The van der Waals surface area contributed by atoms with Gasteiger partial charge in [-0.15, -0.1) is 21.5 Å². The molecule has 0 amide bonds. The second kappa shape index (κ2) is 4.48. The molecule has 0 saturated carbocycles. The minimum atomic E-state index is 0.499. The zero-order chi connectivity index (χ0) is 12.5. The van der Waals surface area contributed by atoms with Crippen LogP contribution in [-0.4, -0.2) is 31.4 Å². The van der Waals surface area contributed by atoms with Crippen LogP contribution >= 0.6 is 11.3 Å². The lowest BCUT2D eigenvalue weighted by molar-refractivity contribution is 0.204. The van der Waals surface area contributed by atoms with E-state index in [-0.39, 0.29) is 0 Å². The van der Waals surface area contributed by atoms with Gasteiger partial charge in [0, 0.05) is 13.1 Å². The summed E-state index contributed by atoms with van der Waals surface area (Å²) in [7, 11) is 0. The second-order valence-corrected chi connectivity index (χ2v) is 5.55. The second-order valence-electron chi connectivity index (χ2n) is 4.28. The zero-order valence-electron chi connectivity index (χ0n) is 10.00. The van der Waals surface area contributed by atoms with Crippen LogP contribution in [0, 0.1) is 18.3 Å². The molecule has 7 heteroatoms. The fourth-order valence-electron chi connectivity index (χ4n) is 2.10. The molecule has 0 N–H and O–H groups in total. The summed E-state index contributed by atoms with van der Waals surface area (Å²) in [6.45, 7) is 5.35. The first-order chi connectivity index (χ1) is 8.74. The highest BCUT2D eigenvalue weighted by Gasteiger charge is 2.19. The molecule has 0 unspecified atom stereocenters. The molecule has 0 aromatic carbocycles. The third-order valence-corrected chi connectivity index (χ3v) is 3.74. The van der Waals surface area contributed by atoms with Crippen LogP contribution in [0.5, 0.6) is 0 Å². The van der Waals surface area contributed by atoms with Gasteiger partial charge in [-0.05, 0) is 13.0 Å². The molecule has 3 heterocycles. The van der Waals surface area contributed by atoms with Crippen LogP contribution in [0.15, 0.2) is 6.07 Å². The van der Waals surface area contributed by atoms with Crippen LogP contribution in [0.2, 0.25) is 0 Å². The van der Waals surface area contributed by atoms with Gasteiger partial charge < -0.3 is 0 Å². The van der Waals surface area contributed by atoms with Gasteiger partial charge in [-0.25, -0.2) is 0 Å². The van der Waals surface area contributed by atoms with Crippen molar-refractivity contribution in [3.8, 4) is 6.07 Å². The van der Waals surface area contributed by atoms with Gasteiger partial charge in [-0.1, -0.05) is 0 Å². The van der Waals surface area contributed by atoms with E-state index in [1.807, 2.05) is 17.7 Å². The van der Waals surface area contributed by atoms with E-state index < -0.39 is 0 Å². The lowest BCUT2D eigenvalue weighted by Crippen LogP contribution is -2.33. The largest absolute Gasteiger partial charge is 0.289 e. The van der Waals surface area contributed by atoms with Gasteiger partial charge in [0.25, 0.3) is 0 Å². The average molecular weight is 260 g/mol. The van der Waals surface area contributed by atoms with E-state index in [9.17, 15) is 0 Å². The molecular formula is C11H12N6S. The maximum Gasteiger partial charge on any atom is 0.162 e. The smallest absolute Gasteiger partial charge is 0.162 e. The van der Waals surface area contributed by atoms with Crippen LogP contribution < -0.4 is 0 Å². The lowest BCUT2D eigenvalue weighted by atomic mass is 10.3. The Hall–Kier alpha value is -1.78. The number of nitrogens with zero attached hydrogens (tertiary/aromatic N) is 6. The fourth-order valence-corrected chi connectivity index (χ4v) is 2.85. The number of hydrogen-bond donors (Lipinski definition) is 0. The molecule has 0 atom stereocenters. The van der Waals surface area contributed by atoms with E-state index >= 15 is 0 Å². The fraction of sp³-hybridized carbons (Fsp3) is 0.455. The van der Waals surface area contributed by atoms with Crippen molar-refractivity contribution in [3.63, 3.8) is 0 Å². The van der Waals surface area contributed by atoms with E-state index in [4.69, 9.17) is 5.26 Å². The Balaban J connectivity index is 1.73. The first-order valence-corrected chi connectivity index (χ1v) is 6.54. The summed E-state index contributed by atoms with van der Waals surface area (Å²) in [5, 5.41) is 23.3. The van der Waals surface area contributed by atoms with Crippen molar-refractivity contribution in [2.24, 2.45) is 0 Å². The molecular weight excluding hydrogens is 248 g/mol. The molecule has 6 nitrogen and oxygen atoms in total. The molecule has 3 rings (SSSR count). The third-order valence-electron chi connectivity index (χ3n) is 2.92. The number of fused-ring (bicyclic) bond motifs is 1. The van der Waals surface area contributed by atoms with Gasteiger partial charge in [-0.3, -0.25) is 9.58 Å². The first-order valence-electron chi connectivity index (χ1n) is 5.73. The van der Waals surface area contributed by atoms with Gasteiger partial charge >= 0.3 is 0 Å². The van der Waals surface area contributed by atoms with E-state index in [0.717, 1.165) is 41.9 Å². The Morgan fingerprint density at radius 3 is 3.06 bits per heavy atom. The van der Waals surface area contributed by atoms with Crippen molar-refractivity contribution < 1.29 is 0 Å². The topological polar surface area (TPSA) is 70.6 Å². The van der Waals surface area contributed by atoms with E-state index in [1.54, 1.807) is 11.3 Å². The van der Waals surface area contributed by atoms with Crippen LogP contribution in [0.3, 0.4) is 0 Å². The predicted molar refractivity (Wildman–Crippen MR) is 65.7 cm³/mol. The summed E-state index contributed by atoms with van der Waals surface area (Å²) in [5.41, 5.74) is 1.60. The Morgan fingerprint density at radius 2 is 2.33 bits per heavy atom. The minimum Gasteiger partial charge on any atom is -0.289 e. The van der Waals surface area contributed by atoms with Crippen molar-refractivity contribution in [1.29, 1.82) is 5.26 Å². The summed E-state index contributed by atoms with van der Waals surface area (Å²) in [6.07, 6.45) is 0. The maximum absolute atomic E-state index is 8.83. The van der Waals surface area contributed by atoms with E-state index in [1.165, 1.54) is 0 Å². The summed E-state index contributed by atoms with van der Waals surface area (Å²) in [4.78, 5) is 2.30. The van der Waals surface area contributed by atoms with Crippen LogP contribution in [0.1, 0.15) is 21.4 Å². The number of aromatic nitrogens is 4. The molecule has 2 aromatic rings. The quantitative estimate of drug-likeness (QED) is 0.803. The van der Waals surface area contributed by atoms with E-state index in [2.05, 4.69) is 26.3 Å². The van der Waals surface area contributed by atoms with Gasteiger partial charge in [0.1, 0.15) is 16.1 Å². The SMILES string of the molecule is Cc1nnc(CN2CCn3nc(C#N)cc3C2)s1. The van der Waals surface area contributed by atoms with Gasteiger partial charge in [0.2, 0.25) is 0 Å². The predicted octanol–water partition coefficient (Wildman–Crippen LogP) is 0.930. The monoisotopic (exact) mass is 260 g/mol. The molecule has 1 aliphatic heterocycles. The highest BCUT2D eigenvalue weighted by molar-refractivity contribution is 7.11. The molecule has 18 heavy (non-hydrogen) atoms. The Bertz CT molecular complexity index is 607. The standard InChI is InChI=1S/C11H12N6S/c1-8-13-14-11(18-8)7-16-2-3-17-10(6-16)4-9(5-12)15-17/h4H,2-3,6-7H2,1H3. The number of nitriles is 1. The molecule has 0 saturated heterocycles. The highest BCUT2D eigenvalue weighted by atomic mass is 32.1. The molecule has 1 aliphatic rings. The lowest BCUT2D eigenvalue weighted by Gasteiger charge is -2.26. The Labute approximate surface area is 108 Å². The van der Waals surface area contributed by atoms with Crippen LogP contribution in [0.4, 0.5) is 0 Å². The number of hydrogen-bond acceptors (Lipinski definition) is 6. The molecule has 0 fully saturated rings. The normalized spacial score (nSPS) is 15.3. The maximum atomic E-state index is 8.83. The molecule has 92 valence electrons. The summed E-state index contributed by atoms with van der Waals surface area (Å²) in [5.74, 6) is 0. The Morgan fingerprint density at radius 1 is 1.44 bits per heavy atom. The molecule has 0 bridgehead atoms.